The van der Waals surface area contributed by atoms with Gasteiger partial charge in [-0.1, -0.05) is 29.8 Å². The molecule has 0 aliphatic carbocycles. The van der Waals surface area contributed by atoms with E-state index in [0.29, 0.717) is 29.3 Å². The smallest absolute Gasteiger partial charge is 0.234 e. The van der Waals surface area contributed by atoms with Gasteiger partial charge in [-0.25, -0.2) is 4.98 Å². The van der Waals surface area contributed by atoms with Gasteiger partial charge in [0, 0.05) is 23.0 Å². The van der Waals surface area contributed by atoms with E-state index in [1.165, 1.54) is 0 Å². The molecule has 0 saturated heterocycles. The van der Waals surface area contributed by atoms with Crippen molar-refractivity contribution in [1.29, 1.82) is 0 Å². The standard InChI is InChI=1S/C14H12ClN5O/c15-11-4-2-1-3-10(11)9-21-13-8-16-7-12(19-13)20-14-17-5-6-18-14/h1-8H,9H2,(H2,17,18,19,20). The lowest BCUT2D eigenvalue weighted by Crippen LogP contribution is -2.01. The summed E-state index contributed by atoms with van der Waals surface area (Å²) < 4.78 is 5.60. The van der Waals surface area contributed by atoms with Crippen molar-refractivity contribution < 1.29 is 4.74 Å². The second-order valence-corrected chi connectivity index (χ2v) is 4.59. The monoisotopic (exact) mass is 301 g/mol. The van der Waals surface area contributed by atoms with Gasteiger partial charge in [0.2, 0.25) is 11.8 Å². The number of halogens is 1. The molecule has 0 radical (unpaired) electrons. The Balaban J connectivity index is 1.67. The third-order valence-corrected chi connectivity index (χ3v) is 3.06. The molecule has 7 heteroatoms. The van der Waals surface area contributed by atoms with Crippen LogP contribution in [0.25, 0.3) is 0 Å². The van der Waals surface area contributed by atoms with Gasteiger partial charge in [-0.3, -0.25) is 4.98 Å². The van der Waals surface area contributed by atoms with Crippen molar-refractivity contribution in [2.75, 3.05) is 5.32 Å². The number of anilines is 2. The quantitative estimate of drug-likeness (QED) is 0.757. The van der Waals surface area contributed by atoms with Gasteiger partial charge >= 0.3 is 0 Å². The van der Waals surface area contributed by atoms with Crippen LogP contribution in [0.15, 0.2) is 49.1 Å². The third-order valence-electron chi connectivity index (χ3n) is 2.69. The molecule has 2 aromatic heterocycles. The summed E-state index contributed by atoms with van der Waals surface area (Å²) in [6, 6.07) is 7.51. The van der Waals surface area contributed by atoms with Crippen LogP contribution in [0.2, 0.25) is 5.02 Å². The lowest BCUT2D eigenvalue weighted by Gasteiger charge is -2.08. The zero-order valence-electron chi connectivity index (χ0n) is 11.0. The molecule has 0 fully saturated rings. The molecule has 1 aromatic carbocycles. The number of nitrogens with one attached hydrogen (secondary N) is 2. The van der Waals surface area contributed by atoms with Crippen LogP contribution in [0, 0.1) is 0 Å². The van der Waals surface area contributed by atoms with Gasteiger partial charge in [-0.15, -0.1) is 0 Å². The molecule has 0 atom stereocenters. The van der Waals surface area contributed by atoms with Crippen molar-refractivity contribution in [3.8, 4) is 5.88 Å². The average Bonchev–Trinajstić information content (AvgIpc) is 3.00. The highest BCUT2D eigenvalue weighted by molar-refractivity contribution is 6.31. The Hall–Kier alpha value is -2.60. The fourth-order valence-electron chi connectivity index (χ4n) is 1.70. The molecule has 2 N–H and O–H groups in total. The summed E-state index contributed by atoms with van der Waals surface area (Å²) in [5.74, 6) is 1.54. The van der Waals surface area contributed by atoms with Crippen LogP contribution in [0.4, 0.5) is 11.8 Å². The number of hydrogen-bond acceptors (Lipinski definition) is 5. The van der Waals surface area contributed by atoms with E-state index in [1.54, 1.807) is 24.8 Å². The lowest BCUT2D eigenvalue weighted by atomic mass is 10.2. The number of hydrogen-bond donors (Lipinski definition) is 2. The van der Waals surface area contributed by atoms with Gasteiger partial charge in [0.1, 0.15) is 6.61 Å². The Bertz CT molecular complexity index is 717. The SMILES string of the molecule is Clc1ccccc1COc1cncc(Nc2ncc[nH]2)n1. The molecule has 2 heterocycles. The number of benzene rings is 1. The zero-order valence-corrected chi connectivity index (χ0v) is 11.7. The molecule has 0 bridgehead atoms. The summed E-state index contributed by atoms with van der Waals surface area (Å²) in [5.41, 5.74) is 0.894. The second kappa shape index (κ2) is 6.23. The Labute approximate surface area is 126 Å². The molecule has 0 aliphatic rings. The summed E-state index contributed by atoms with van der Waals surface area (Å²) in [6.45, 7) is 0.332. The van der Waals surface area contributed by atoms with Crippen molar-refractivity contribution >= 4 is 23.4 Å². The van der Waals surface area contributed by atoms with Crippen LogP contribution in [0.1, 0.15) is 5.56 Å². The number of ether oxygens (including phenoxy) is 1. The van der Waals surface area contributed by atoms with Crippen molar-refractivity contribution in [2.45, 2.75) is 6.61 Å². The Kier molecular flexibility index (Phi) is 3.97. The van der Waals surface area contributed by atoms with Crippen LogP contribution < -0.4 is 10.1 Å². The molecule has 0 amide bonds. The van der Waals surface area contributed by atoms with E-state index in [-0.39, 0.29) is 0 Å². The minimum Gasteiger partial charge on any atom is -0.472 e. The van der Waals surface area contributed by atoms with E-state index in [9.17, 15) is 0 Å². The first-order valence-corrected chi connectivity index (χ1v) is 6.64. The molecule has 106 valence electrons. The molecule has 0 aliphatic heterocycles. The Morgan fingerprint density at radius 1 is 1.24 bits per heavy atom. The van der Waals surface area contributed by atoms with E-state index in [1.807, 2.05) is 24.3 Å². The highest BCUT2D eigenvalue weighted by Gasteiger charge is 2.04. The maximum atomic E-state index is 6.08. The van der Waals surface area contributed by atoms with E-state index in [4.69, 9.17) is 16.3 Å². The van der Waals surface area contributed by atoms with Gasteiger partial charge in [-0.2, -0.15) is 4.98 Å². The van der Waals surface area contributed by atoms with Gasteiger partial charge in [0.15, 0.2) is 5.82 Å². The van der Waals surface area contributed by atoms with Gasteiger partial charge in [0.25, 0.3) is 0 Å². The van der Waals surface area contributed by atoms with Gasteiger partial charge in [0.05, 0.1) is 12.4 Å². The maximum Gasteiger partial charge on any atom is 0.234 e. The van der Waals surface area contributed by atoms with Gasteiger partial charge < -0.3 is 15.0 Å². The Morgan fingerprint density at radius 2 is 2.14 bits per heavy atom. The number of nitrogens with zero attached hydrogens (tertiary/aromatic N) is 3. The zero-order chi connectivity index (χ0) is 14.5. The van der Waals surface area contributed by atoms with E-state index in [2.05, 4.69) is 25.3 Å². The largest absolute Gasteiger partial charge is 0.472 e. The van der Waals surface area contributed by atoms with E-state index < -0.39 is 0 Å². The molecular weight excluding hydrogens is 290 g/mol. The normalized spacial score (nSPS) is 10.3. The molecular formula is C14H12ClN5O. The molecule has 3 rings (SSSR count). The van der Waals surface area contributed by atoms with E-state index >= 15 is 0 Å². The molecule has 0 unspecified atom stereocenters. The van der Waals surface area contributed by atoms with Crippen molar-refractivity contribution in [3.63, 3.8) is 0 Å². The van der Waals surface area contributed by atoms with Gasteiger partial charge in [-0.05, 0) is 6.07 Å². The van der Waals surface area contributed by atoms with Crippen molar-refractivity contribution in [2.24, 2.45) is 0 Å². The fourth-order valence-corrected chi connectivity index (χ4v) is 1.89. The highest BCUT2D eigenvalue weighted by atomic mass is 35.5. The summed E-state index contributed by atoms with van der Waals surface area (Å²) in [6.07, 6.45) is 6.50. The number of imidazole rings is 1. The molecule has 0 saturated carbocycles. The van der Waals surface area contributed by atoms with Crippen LogP contribution in [-0.4, -0.2) is 19.9 Å². The minimum absolute atomic E-state index is 0.332. The summed E-state index contributed by atoms with van der Waals surface area (Å²) in [5, 5.41) is 3.65. The lowest BCUT2D eigenvalue weighted by molar-refractivity contribution is 0.293. The maximum absolute atomic E-state index is 6.08. The van der Waals surface area contributed by atoms with Crippen LogP contribution in [0.3, 0.4) is 0 Å². The predicted octanol–water partition coefficient (Wildman–Crippen LogP) is 3.18. The molecule has 21 heavy (non-hydrogen) atoms. The number of aromatic amines is 1. The summed E-state index contributed by atoms with van der Waals surface area (Å²) >= 11 is 6.08. The fraction of sp³-hybridized carbons (Fsp3) is 0.0714. The Morgan fingerprint density at radius 3 is 2.95 bits per heavy atom. The average molecular weight is 302 g/mol. The van der Waals surface area contributed by atoms with E-state index in [0.717, 1.165) is 5.56 Å². The predicted molar refractivity (Wildman–Crippen MR) is 79.7 cm³/mol. The first kappa shape index (κ1) is 13.4. The first-order valence-electron chi connectivity index (χ1n) is 6.26. The minimum atomic E-state index is 0.332. The second-order valence-electron chi connectivity index (χ2n) is 4.19. The highest BCUT2D eigenvalue weighted by Crippen LogP contribution is 2.18. The molecule has 0 spiro atoms. The number of rotatable bonds is 5. The number of H-pyrrole nitrogens is 1. The van der Waals surface area contributed by atoms with Crippen LogP contribution in [0.5, 0.6) is 5.88 Å². The summed E-state index contributed by atoms with van der Waals surface area (Å²) in [4.78, 5) is 15.3. The molecule has 6 nitrogen and oxygen atoms in total. The first-order chi connectivity index (χ1) is 10.3. The van der Waals surface area contributed by atoms with Crippen LogP contribution >= 0.6 is 11.6 Å². The summed E-state index contributed by atoms with van der Waals surface area (Å²) in [7, 11) is 0. The topological polar surface area (TPSA) is 75.7 Å². The van der Waals surface area contributed by atoms with Crippen molar-refractivity contribution in [3.05, 3.63) is 59.6 Å². The van der Waals surface area contributed by atoms with Crippen molar-refractivity contribution in [1.82, 2.24) is 19.9 Å². The van der Waals surface area contributed by atoms with Crippen LogP contribution in [-0.2, 0) is 6.61 Å². The third kappa shape index (κ3) is 3.49. The number of aromatic nitrogens is 4. The molecule has 3 aromatic rings.